The van der Waals surface area contributed by atoms with Crippen LogP contribution in [0.25, 0.3) is 0 Å². The zero-order valence-corrected chi connectivity index (χ0v) is 12.9. The third kappa shape index (κ3) is 3.37. The highest BCUT2D eigenvalue weighted by molar-refractivity contribution is 5.88. The molecule has 2 aromatic carbocycles. The number of amides is 1. The number of halogens is 1. The van der Waals surface area contributed by atoms with Gasteiger partial charge < -0.3 is 14.7 Å². The van der Waals surface area contributed by atoms with Crippen molar-refractivity contribution in [1.29, 1.82) is 0 Å². The third-order valence-corrected chi connectivity index (χ3v) is 4.00. The van der Waals surface area contributed by atoms with Crippen LogP contribution >= 0.6 is 0 Å². The number of benzene rings is 2. The van der Waals surface area contributed by atoms with E-state index in [1.54, 1.807) is 0 Å². The van der Waals surface area contributed by atoms with E-state index in [0.717, 1.165) is 11.1 Å². The van der Waals surface area contributed by atoms with Crippen molar-refractivity contribution in [3.63, 3.8) is 0 Å². The molecule has 124 valence electrons. The number of carbonyl (C=O) groups is 2. The smallest absolute Gasteiger partial charge is 0.410 e. The maximum atomic E-state index is 13.7. The first-order valence-corrected chi connectivity index (χ1v) is 7.55. The van der Waals surface area contributed by atoms with Crippen molar-refractivity contribution in [2.45, 2.75) is 19.6 Å². The molecule has 3 rings (SSSR count). The molecule has 0 aromatic heterocycles. The Morgan fingerprint density at radius 3 is 2.62 bits per heavy atom. The van der Waals surface area contributed by atoms with Gasteiger partial charge in [0, 0.05) is 13.1 Å². The summed E-state index contributed by atoms with van der Waals surface area (Å²) in [6.45, 7) is 0.794. The molecule has 0 fully saturated rings. The van der Waals surface area contributed by atoms with Gasteiger partial charge in [0.2, 0.25) is 0 Å². The van der Waals surface area contributed by atoms with Gasteiger partial charge in [0.1, 0.15) is 12.4 Å². The zero-order chi connectivity index (χ0) is 17.1. The molecule has 6 heteroatoms. The number of nitrogens with zero attached hydrogens (tertiary/aromatic N) is 1. The van der Waals surface area contributed by atoms with Gasteiger partial charge in [0.15, 0.2) is 0 Å². The van der Waals surface area contributed by atoms with E-state index >= 15 is 0 Å². The topological polar surface area (TPSA) is 66.8 Å². The first-order valence-electron chi connectivity index (χ1n) is 7.55. The van der Waals surface area contributed by atoms with Crippen LogP contribution in [0.3, 0.4) is 0 Å². The zero-order valence-electron chi connectivity index (χ0n) is 12.9. The van der Waals surface area contributed by atoms with Crippen molar-refractivity contribution in [2.75, 3.05) is 6.54 Å². The van der Waals surface area contributed by atoms with E-state index in [9.17, 15) is 14.0 Å². The first kappa shape index (κ1) is 16.0. The second-order valence-electron chi connectivity index (χ2n) is 5.62. The number of carboxylic acids is 1. The molecule has 0 spiro atoms. The number of hydrogen-bond acceptors (Lipinski definition) is 3. The van der Waals surface area contributed by atoms with E-state index in [-0.39, 0.29) is 18.7 Å². The van der Waals surface area contributed by atoms with Crippen LogP contribution in [0.4, 0.5) is 9.18 Å². The summed E-state index contributed by atoms with van der Waals surface area (Å²) < 4.78 is 19.0. The molecule has 24 heavy (non-hydrogen) atoms. The Bertz CT molecular complexity index is 776. The second kappa shape index (κ2) is 6.70. The summed E-state index contributed by atoms with van der Waals surface area (Å²) in [5, 5.41) is 9.01. The van der Waals surface area contributed by atoms with Crippen LogP contribution in [0.5, 0.6) is 0 Å². The van der Waals surface area contributed by atoms with Crippen molar-refractivity contribution in [1.82, 2.24) is 4.90 Å². The highest BCUT2D eigenvalue weighted by atomic mass is 19.1. The fourth-order valence-electron chi connectivity index (χ4n) is 2.71. The Kier molecular flexibility index (Phi) is 4.46. The monoisotopic (exact) mass is 329 g/mol. The van der Waals surface area contributed by atoms with E-state index in [1.807, 2.05) is 30.3 Å². The average molecular weight is 329 g/mol. The van der Waals surface area contributed by atoms with E-state index in [4.69, 9.17) is 9.84 Å². The van der Waals surface area contributed by atoms with Crippen LogP contribution in [0.1, 0.15) is 27.0 Å². The normalized spacial score (nSPS) is 13.3. The van der Waals surface area contributed by atoms with Gasteiger partial charge in [-0.15, -0.1) is 0 Å². The van der Waals surface area contributed by atoms with Crippen molar-refractivity contribution in [2.24, 2.45) is 0 Å². The second-order valence-corrected chi connectivity index (χ2v) is 5.62. The summed E-state index contributed by atoms with van der Waals surface area (Å²) in [5.41, 5.74) is 1.87. The minimum atomic E-state index is -1.32. The largest absolute Gasteiger partial charge is 0.478 e. The lowest BCUT2D eigenvalue weighted by molar-refractivity contribution is 0.0691. The first-order chi connectivity index (χ1) is 11.5. The summed E-state index contributed by atoms with van der Waals surface area (Å²) in [5.74, 6) is -2.07. The van der Waals surface area contributed by atoms with Gasteiger partial charge in [0.25, 0.3) is 0 Å². The molecule has 0 saturated heterocycles. The van der Waals surface area contributed by atoms with E-state index in [0.29, 0.717) is 18.5 Å². The Morgan fingerprint density at radius 1 is 1.17 bits per heavy atom. The van der Waals surface area contributed by atoms with Gasteiger partial charge in [-0.3, -0.25) is 0 Å². The highest BCUT2D eigenvalue weighted by Crippen LogP contribution is 2.23. The van der Waals surface area contributed by atoms with Crippen LogP contribution in [0.2, 0.25) is 0 Å². The van der Waals surface area contributed by atoms with Gasteiger partial charge in [-0.25, -0.2) is 14.0 Å². The molecule has 0 unspecified atom stereocenters. The number of carbonyl (C=O) groups excluding carboxylic acids is 1. The fraction of sp³-hybridized carbons (Fsp3) is 0.222. The van der Waals surface area contributed by atoms with Gasteiger partial charge in [-0.05, 0) is 35.2 Å². The van der Waals surface area contributed by atoms with E-state index in [2.05, 4.69) is 0 Å². The standard InChI is InChI=1S/C18H16FNO4/c19-16-9-13-6-7-20(10-14(13)8-15(16)17(21)22)18(23)24-11-12-4-2-1-3-5-12/h1-5,8-9H,6-7,10-11H2,(H,21,22). The van der Waals surface area contributed by atoms with Crippen LogP contribution in [-0.4, -0.2) is 28.6 Å². The number of carboxylic acid groups (broad SMARTS) is 1. The van der Waals surface area contributed by atoms with Crippen molar-refractivity contribution < 1.29 is 23.8 Å². The molecule has 0 aliphatic carbocycles. The van der Waals surface area contributed by atoms with Crippen molar-refractivity contribution >= 4 is 12.1 Å². The molecule has 1 aliphatic heterocycles. The number of rotatable bonds is 3. The van der Waals surface area contributed by atoms with Crippen LogP contribution < -0.4 is 0 Å². The summed E-state index contributed by atoms with van der Waals surface area (Å²) in [4.78, 5) is 24.7. The molecule has 1 N–H and O–H groups in total. The van der Waals surface area contributed by atoms with E-state index in [1.165, 1.54) is 17.0 Å². The molecule has 5 nitrogen and oxygen atoms in total. The van der Waals surface area contributed by atoms with Crippen LogP contribution in [0.15, 0.2) is 42.5 Å². The summed E-state index contributed by atoms with van der Waals surface area (Å²) >= 11 is 0. The number of ether oxygens (including phenoxy) is 1. The van der Waals surface area contributed by atoms with Gasteiger partial charge in [-0.1, -0.05) is 30.3 Å². The lowest BCUT2D eigenvalue weighted by Gasteiger charge is -2.28. The minimum absolute atomic E-state index is 0.173. The molecule has 1 amide bonds. The molecule has 1 heterocycles. The predicted octanol–water partition coefficient (Wildman–Crippen LogP) is 3.22. The van der Waals surface area contributed by atoms with Crippen LogP contribution in [-0.2, 0) is 24.3 Å². The molecule has 2 aromatic rings. The minimum Gasteiger partial charge on any atom is -0.478 e. The number of aromatic carboxylic acids is 1. The Labute approximate surface area is 138 Å². The Morgan fingerprint density at radius 2 is 1.92 bits per heavy atom. The molecule has 0 radical (unpaired) electrons. The number of hydrogen-bond donors (Lipinski definition) is 1. The van der Waals surface area contributed by atoms with Gasteiger partial charge in [0.05, 0.1) is 5.56 Å². The maximum Gasteiger partial charge on any atom is 0.410 e. The van der Waals surface area contributed by atoms with Gasteiger partial charge in [-0.2, -0.15) is 0 Å². The molecular formula is C18H16FNO4. The maximum absolute atomic E-state index is 13.7. The summed E-state index contributed by atoms with van der Waals surface area (Å²) in [6, 6.07) is 11.9. The SMILES string of the molecule is O=C(O)c1cc2c(cc1F)CCN(C(=O)OCc1ccccc1)C2. The van der Waals surface area contributed by atoms with Crippen LogP contribution in [0, 0.1) is 5.82 Å². The Hall–Kier alpha value is -2.89. The van der Waals surface area contributed by atoms with E-state index < -0.39 is 17.9 Å². The molecule has 0 bridgehead atoms. The molecule has 0 saturated carbocycles. The lowest BCUT2D eigenvalue weighted by Crippen LogP contribution is -2.36. The molecule has 1 aliphatic rings. The number of fused-ring (bicyclic) bond motifs is 1. The quantitative estimate of drug-likeness (QED) is 0.939. The van der Waals surface area contributed by atoms with Crippen molar-refractivity contribution in [3.05, 3.63) is 70.5 Å². The average Bonchev–Trinajstić information content (AvgIpc) is 2.59. The predicted molar refractivity (Wildman–Crippen MR) is 84.1 cm³/mol. The van der Waals surface area contributed by atoms with Gasteiger partial charge >= 0.3 is 12.1 Å². The molecule has 0 atom stereocenters. The Balaban J connectivity index is 1.69. The fourth-order valence-corrected chi connectivity index (χ4v) is 2.71. The lowest BCUT2D eigenvalue weighted by atomic mass is 9.97. The highest BCUT2D eigenvalue weighted by Gasteiger charge is 2.24. The summed E-state index contributed by atoms with van der Waals surface area (Å²) in [6.07, 6.45) is -0.00207. The molecular weight excluding hydrogens is 313 g/mol. The third-order valence-electron chi connectivity index (χ3n) is 4.00. The van der Waals surface area contributed by atoms with Crippen molar-refractivity contribution in [3.8, 4) is 0 Å². The summed E-state index contributed by atoms with van der Waals surface area (Å²) in [7, 11) is 0.